The number of imidazole rings is 1. The summed E-state index contributed by atoms with van der Waals surface area (Å²) in [4.78, 5) is 19.6. The number of hydrogen-bond acceptors (Lipinski definition) is 7. The van der Waals surface area contributed by atoms with Gasteiger partial charge in [-0.2, -0.15) is 10.1 Å². The summed E-state index contributed by atoms with van der Waals surface area (Å²) in [7, 11) is 0. The van der Waals surface area contributed by atoms with Gasteiger partial charge in [0.25, 0.3) is 0 Å². The number of carbonyl (C=O) groups is 1. The van der Waals surface area contributed by atoms with Crippen LogP contribution in [0.4, 0.5) is 34.1 Å². The van der Waals surface area contributed by atoms with E-state index in [0.717, 1.165) is 6.20 Å². The van der Waals surface area contributed by atoms with E-state index in [1.165, 1.54) is 16.7 Å². The fourth-order valence-corrected chi connectivity index (χ4v) is 3.64. The summed E-state index contributed by atoms with van der Waals surface area (Å²) in [5.74, 6) is -0.801. The van der Waals surface area contributed by atoms with Gasteiger partial charge in [0.15, 0.2) is 5.82 Å². The SMILES string of the molecule is CC(C)NC(=O)O[C@@H]1CC[C@H](c2cc(Nc3nccc4nc(OC(F)(F)F)cn34)n[nH]2)[C@@H]1F. The molecule has 1 fully saturated rings. The zero-order chi connectivity index (χ0) is 23.8. The molecule has 178 valence electrons. The highest BCUT2D eigenvalue weighted by Crippen LogP contribution is 2.38. The largest absolute Gasteiger partial charge is 0.574 e. The van der Waals surface area contributed by atoms with Gasteiger partial charge in [-0.1, -0.05) is 0 Å². The average molecular weight is 471 g/mol. The summed E-state index contributed by atoms with van der Waals surface area (Å²) in [6, 6.07) is 2.85. The van der Waals surface area contributed by atoms with E-state index in [4.69, 9.17) is 4.74 Å². The monoisotopic (exact) mass is 471 g/mol. The standard InChI is InChI=1S/C19H21F4N7O3/c1-9(2)25-18(31)32-12-4-3-10(16(12)20)11-7-13(29-28-11)26-17-24-6-5-14-27-15(8-30(14)17)33-19(21,22)23/h5-10,12,16H,3-4H2,1-2H3,(H,25,31)(H2,24,26,28,29)/t10-,12-,16+/m1/s1. The number of H-pyrrole nitrogens is 1. The highest BCUT2D eigenvalue weighted by molar-refractivity contribution is 5.67. The van der Waals surface area contributed by atoms with Crippen molar-refractivity contribution in [2.75, 3.05) is 5.32 Å². The predicted octanol–water partition coefficient (Wildman–Crippen LogP) is 3.81. The molecule has 33 heavy (non-hydrogen) atoms. The summed E-state index contributed by atoms with van der Waals surface area (Å²) >= 11 is 0. The van der Waals surface area contributed by atoms with Crippen molar-refractivity contribution in [3.05, 3.63) is 30.2 Å². The number of aromatic amines is 1. The third-order valence-corrected chi connectivity index (χ3v) is 4.98. The maximum Gasteiger partial charge on any atom is 0.574 e. The topological polar surface area (TPSA) is 118 Å². The number of hydrogen-bond donors (Lipinski definition) is 3. The van der Waals surface area contributed by atoms with Gasteiger partial charge in [0.1, 0.15) is 17.9 Å². The molecule has 3 N–H and O–H groups in total. The summed E-state index contributed by atoms with van der Waals surface area (Å²) < 4.78 is 62.6. The molecule has 3 aromatic heterocycles. The molecule has 3 heterocycles. The van der Waals surface area contributed by atoms with Crippen LogP contribution in [-0.4, -0.2) is 55.3 Å². The first kappa shape index (κ1) is 22.6. The second-order valence-corrected chi connectivity index (χ2v) is 7.83. The lowest BCUT2D eigenvalue weighted by Crippen LogP contribution is -2.36. The number of alkyl carbamates (subject to hydrolysis) is 1. The number of amides is 1. The van der Waals surface area contributed by atoms with Gasteiger partial charge >= 0.3 is 12.5 Å². The van der Waals surface area contributed by atoms with Crippen molar-refractivity contribution in [1.29, 1.82) is 0 Å². The maximum absolute atomic E-state index is 14.9. The van der Waals surface area contributed by atoms with Crippen LogP contribution in [0.5, 0.6) is 5.88 Å². The Morgan fingerprint density at radius 1 is 1.33 bits per heavy atom. The number of halogens is 4. The minimum absolute atomic E-state index is 0.126. The molecule has 0 saturated heterocycles. The maximum atomic E-state index is 14.9. The molecule has 1 amide bonds. The van der Waals surface area contributed by atoms with Gasteiger partial charge in [-0.3, -0.25) is 9.50 Å². The smallest absolute Gasteiger partial charge is 0.443 e. The molecule has 0 spiro atoms. The van der Waals surface area contributed by atoms with Crippen molar-refractivity contribution < 1.29 is 31.8 Å². The zero-order valence-corrected chi connectivity index (χ0v) is 17.6. The van der Waals surface area contributed by atoms with Crippen LogP contribution in [0.15, 0.2) is 24.5 Å². The first-order chi connectivity index (χ1) is 15.6. The summed E-state index contributed by atoms with van der Waals surface area (Å²) in [6.07, 6.45) is -4.66. The van der Waals surface area contributed by atoms with Gasteiger partial charge in [-0.05, 0) is 32.8 Å². The second kappa shape index (κ2) is 8.75. The van der Waals surface area contributed by atoms with Crippen LogP contribution in [0.2, 0.25) is 0 Å². The van der Waals surface area contributed by atoms with E-state index in [0.29, 0.717) is 18.5 Å². The Morgan fingerprint density at radius 2 is 2.12 bits per heavy atom. The molecule has 1 saturated carbocycles. The van der Waals surface area contributed by atoms with Gasteiger partial charge in [0, 0.05) is 29.9 Å². The lowest BCUT2D eigenvalue weighted by molar-refractivity contribution is -0.276. The van der Waals surface area contributed by atoms with Crippen LogP contribution < -0.4 is 15.4 Å². The quantitative estimate of drug-likeness (QED) is 0.468. The molecule has 3 aromatic rings. The Morgan fingerprint density at radius 3 is 2.85 bits per heavy atom. The fourth-order valence-electron chi connectivity index (χ4n) is 3.64. The van der Waals surface area contributed by atoms with Crippen molar-refractivity contribution in [3.8, 4) is 5.88 Å². The molecular formula is C19H21F4N7O3. The van der Waals surface area contributed by atoms with Crippen molar-refractivity contribution in [2.24, 2.45) is 0 Å². The Kier molecular flexibility index (Phi) is 5.99. The zero-order valence-electron chi connectivity index (χ0n) is 17.6. The fraction of sp³-hybridized carbons (Fsp3) is 0.474. The molecule has 14 heteroatoms. The number of aromatic nitrogens is 5. The van der Waals surface area contributed by atoms with E-state index in [1.54, 1.807) is 19.9 Å². The highest BCUT2D eigenvalue weighted by Gasteiger charge is 2.41. The molecule has 10 nitrogen and oxygen atoms in total. The van der Waals surface area contributed by atoms with Gasteiger partial charge in [0.05, 0.1) is 6.20 Å². The number of alkyl halides is 4. The molecule has 0 unspecified atom stereocenters. The minimum Gasteiger partial charge on any atom is -0.443 e. The minimum atomic E-state index is -4.88. The van der Waals surface area contributed by atoms with E-state index in [-0.39, 0.29) is 23.5 Å². The van der Waals surface area contributed by atoms with E-state index in [9.17, 15) is 22.4 Å². The highest BCUT2D eigenvalue weighted by atomic mass is 19.4. The number of rotatable bonds is 6. The van der Waals surface area contributed by atoms with Gasteiger partial charge in [-0.15, -0.1) is 13.2 Å². The number of ether oxygens (including phenoxy) is 2. The Bertz CT molecular complexity index is 1130. The van der Waals surface area contributed by atoms with E-state index >= 15 is 0 Å². The van der Waals surface area contributed by atoms with Crippen LogP contribution in [0.1, 0.15) is 38.3 Å². The molecule has 1 aliphatic rings. The number of anilines is 2. The number of carbonyl (C=O) groups excluding carboxylic acids is 1. The molecule has 0 aromatic carbocycles. The molecule has 3 atom stereocenters. The van der Waals surface area contributed by atoms with Crippen LogP contribution >= 0.6 is 0 Å². The van der Waals surface area contributed by atoms with E-state index < -0.39 is 36.5 Å². The molecular weight excluding hydrogens is 450 g/mol. The number of nitrogens with one attached hydrogen (secondary N) is 3. The lowest BCUT2D eigenvalue weighted by atomic mass is 10.0. The van der Waals surface area contributed by atoms with Gasteiger partial charge in [0.2, 0.25) is 11.8 Å². The third-order valence-electron chi connectivity index (χ3n) is 4.98. The Balaban J connectivity index is 1.45. The third kappa shape index (κ3) is 5.26. The van der Waals surface area contributed by atoms with Crippen molar-refractivity contribution in [3.63, 3.8) is 0 Å². The Hall–Kier alpha value is -3.58. The van der Waals surface area contributed by atoms with Crippen LogP contribution in [0.25, 0.3) is 5.65 Å². The van der Waals surface area contributed by atoms with Crippen molar-refractivity contribution in [2.45, 2.75) is 57.3 Å². The van der Waals surface area contributed by atoms with Crippen LogP contribution in [0.3, 0.4) is 0 Å². The van der Waals surface area contributed by atoms with Crippen LogP contribution in [0, 0.1) is 0 Å². The normalized spacial score (nSPS) is 20.9. The lowest BCUT2D eigenvalue weighted by Gasteiger charge is -2.18. The second-order valence-electron chi connectivity index (χ2n) is 7.83. The first-order valence-electron chi connectivity index (χ1n) is 10.1. The summed E-state index contributed by atoms with van der Waals surface area (Å²) in [5.41, 5.74) is 0.654. The van der Waals surface area contributed by atoms with Crippen molar-refractivity contribution >= 4 is 23.5 Å². The molecule has 1 aliphatic carbocycles. The Labute approximate surface area is 184 Å². The average Bonchev–Trinajstić information content (AvgIpc) is 3.40. The summed E-state index contributed by atoms with van der Waals surface area (Å²) in [5, 5.41) is 12.3. The van der Waals surface area contributed by atoms with Gasteiger partial charge < -0.3 is 20.1 Å². The molecule has 4 rings (SSSR count). The van der Waals surface area contributed by atoms with Crippen LogP contribution in [-0.2, 0) is 4.74 Å². The number of fused-ring (bicyclic) bond motifs is 1. The molecule has 0 radical (unpaired) electrons. The van der Waals surface area contributed by atoms with E-state index in [2.05, 4.69) is 35.5 Å². The molecule has 0 aliphatic heterocycles. The van der Waals surface area contributed by atoms with Crippen molar-refractivity contribution in [1.82, 2.24) is 29.9 Å². The predicted molar refractivity (Wildman–Crippen MR) is 107 cm³/mol. The van der Waals surface area contributed by atoms with Gasteiger partial charge in [-0.25, -0.2) is 14.2 Å². The summed E-state index contributed by atoms with van der Waals surface area (Å²) in [6.45, 7) is 3.54. The first-order valence-corrected chi connectivity index (χ1v) is 10.1. The van der Waals surface area contributed by atoms with E-state index in [1.807, 2.05) is 0 Å². The number of nitrogens with zero attached hydrogens (tertiary/aromatic N) is 4. The molecule has 0 bridgehead atoms.